The maximum atomic E-state index is 11.6. The minimum Gasteiger partial charge on any atom is -0.493 e. The van der Waals surface area contributed by atoms with Crippen LogP contribution in [0.15, 0.2) is 36.4 Å². The predicted octanol–water partition coefficient (Wildman–Crippen LogP) is 3.48. The van der Waals surface area contributed by atoms with Gasteiger partial charge in [0.25, 0.3) is 0 Å². The number of hydrogen-bond donors (Lipinski definition) is 0. The van der Waals surface area contributed by atoms with Crippen LogP contribution in [-0.2, 0) is 0 Å². The van der Waals surface area contributed by atoms with Crippen LogP contribution in [0.5, 0.6) is 5.75 Å². The van der Waals surface area contributed by atoms with Gasteiger partial charge in [-0.15, -0.1) is 0 Å². The van der Waals surface area contributed by atoms with Gasteiger partial charge in [-0.2, -0.15) is 5.10 Å². The quantitative estimate of drug-likeness (QED) is 0.692. The Morgan fingerprint density at radius 1 is 1.26 bits per heavy atom. The van der Waals surface area contributed by atoms with Crippen LogP contribution in [0.3, 0.4) is 0 Å². The van der Waals surface area contributed by atoms with Crippen LogP contribution in [0, 0.1) is 0 Å². The van der Waals surface area contributed by atoms with Crippen LogP contribution in [0.2, 0.25) is 0 Å². The summed E-state index contributed by atoms with van der Waals surface area (Å²) in [5, 5.41) is 4.67. The van der Waals surface area contributed by atoms with Gasteiger partial charge in [0.2, 0.25) is 0 Å². The third kappa shape index (κ3) is 2.38. The lowest BCUT2D eigenvalue weighted by atomic mass is 10.1. The van der Waals surface area contributed by atoms with Gasteiger partial charge in [0, 0.05) is 17.0 Å². The molecule has 5 nitrogen and oxygen atoms in total. The number of pyridine rings is 1. The first-order valence-corrected chi connectivity index (χ1v) is 7.72. The molecule has 2 aromatic heterocycles. The van der Waals surface area contributed by atoms with Crippen LogP contribution in [-0.4, -0.2) is 27.5 Å². The Morgan fingerprint density at radius 2 is 2.09 bits per heavy atom. The Kier molecular flexibility index (Phi) is 3.15. The van der Waals surface area contributed by atoms with E-state index in [0.717, 1.165) is 35.6 Å². The topological polar surface area (TPSA) is 56.5 Å². The SMILES string of the molecule is COc1ccc(-c2cccc(C(C)=O)c2)n2nc(C3CC3)nc12. The number of nitrogens with zero attached hydrogens (tertiary/aromatic N) is 3. The Morgan fingerprint density at radius 3 is 2.78 bits per heavy atom. The molecule has 0 unspecified atom stereocenters. The van der Waals surface area contributed by atoms with Crippen molar-refractivity contribution >= 4 is 11.4 Å². The van der Waals surface area contributed by atoms with Gasteiger partial charge < -0.3 is 4.74 Å². The molecule has 2 heterocycles. The van der Waals surface area contributed by atoms with E-state index in [1.54, 1.807) is 14.0 Å². The first-order chi connectivity index (χ1) is 11.2. The summed E-state index contributed by atoms with van der Waals surface area (Å²) in [5.41, 5.74) is 3.26. The van der Waals surface area contributed by atoms with Crippen molar-refractivity contribution in [1.82, 2.24) is 14.6 Å². The van der Waals surface area contributed by atoms with Crippen molar-refractivity contribution in [2.24, 2.45) is 0 Å². The average Bonchev–Trinajstić information content (AvgIpc) is 3.32. The minimum absolute atomic E-state index is 0.0499. The minimum atomic E-state index is 0.0499. The molecule has 0 N–H and O–H groups in total. The second kappa shape index (κ2) is 5.19. The van der Waals surface area contributed by atoms with E-state index in [9.17, 15) is 4.79 Å². The van der Waals surface area contributed by atoms with Gasteiger partial charge >= 0.3 is 0 Å². The number of aromatic nitrogens is 3. The van der Waals surface area contributed by atoms with E-state index in [2.05, 4.69) is 10.1 Å². The van der Waals surface area contributed by atoms with Gasteiger partial charge in [-0.1, -0.05) is 18.2 Å². The van der Waals surface area contributed by atoms with Crippen molar-refractivity contribution in [3.8, 4) is 17.0 Å². The molecule has 0 amide bonds. The molecule has 0 saturated heterocycles. The Labute approximate surface area is 133 Å². The highest BCUT2D eigenvalue weighted by molar-refractivity contribution is 5.95. The van der Waals surface area contributed by atoms with Crippen molar-refractivity contribution in [2.45, 2.75) is 25.7 Å². The molecule has 0 radical (unpaired) electrons. The molecule has 23 heavy (non-hydrogen) atoms. The van der Waals surface area contributed by atoms with Gasteiger partial charge in [-0.05, 0) is 38.0 Å². The van der Waals surface area contributed by atoms with Crippen molar-refractivity contribution in [3.05, 3.63) is 47.8 Å². The summed E-state index contributed by atoms with van der Waals surface area (Å²) < 4.78 is 7.24. The average molecular weight is 307 g/mol. The van der Waals surface area contributed by atoms with Gasteiger partial charge in [0.15, 0.2) is 23.0 Å². The number of fused-ring (bicyclic) bond motifs is 1. The number of Topliss-reactive ketones (excluding diaryl/α,β-unsaturated/α-hetero) is 1. The molecule has 1 fully saturated rings. The molecule has 1 aromatic carbocycles. The fourth-order valence-corrected chi connectivity index (χ4v) is 2.75. The lowest BCUT2D eigenvalue weighted by Gasteiger charge is -2.08. The Hall–Kier alpha value is -2.69. The first-order valence-electron chi connectivity index (χ1n) is 7.72. The third-order valence-corrected chi connectivity index (χ3v) is 4.19. The molecule has 5 heteroatoms. The number of hydrogen-bond acceptors (Lipinski definition) is 4. The van der Waals surface area contributed by atoms with Crippen LogP contribution in [0.4, 0.5) is 0 Å². The number of benzene rings is 1. The van der Waals surface area contributed by atoms with Gasteiger partial charge in [0.05, 0.1) is 12.8 Å². The largest absolute Gasteiger partial charge is 0.493 e. The van der Waals surface area contributed by atoms with Crippen molar-refractivity contribution < 1.29 is 9.53 Å². The van der Waals surface area contributed by atoms with E-state index in [1.807, 2.05) is 40.9 Å². The maximum absolute atomic E-state index is 11.6. The zero-order valence-corrected chi connectivity index (χ0v) is 13.1. The van der Waals surface area contributed by atoms with E-state index < -0.39 is 0 Å². The molecule has 1 saturated carbocycles. The summed E-state index contributed by atoms with van der Waals surface area (Å²) in [6.45, 7) is 1.57. The molecule has 1 aliphatic carbocycles. The summed E-state index contributed by atoms with van der Waals surface area (Å²) in [6.07, 6.45) is 2.29. The highest BCUT2D eigenvalue weighted by Crippen LogP contribution is 2.39. The monoisotopic (exact) mass is 307 g/mol. The van der Waals surface area contributed by atoms with Crippen LogP contribution >= 0.6 is 0 Å². The van der Waals surface area contributed by atoms with Gasteiger partial charge in [0.1, 0.15) is 0 Å². The van der Waals surface area contributed by atoms with E-state index in [0.29, 0.717) is 17.2 Å². The number of rotatable bonds is 4. The van der Waals surface area contributed by atoms with Crippen molar-refractivity contribution in [3.63, 3.8) is 0 Å². The van der Waals surface area contributed by atoms with E-state index in [1.165, 1.54) is 0 Å². The fraction of sp³-hybridized carbons (Fsp3) is 0.278. The zero-order chi connectivity index (χ0) is 16.0. The molecule has 116 valence electrons. The highest BCUT2D eigenvalue weighted by Gasteiger charge is 2.29. The molecule has 1 aliphatic rings. The second-order valence-corrected chi connectivity index (χ2v) is 5.90. The van der Waals surface area contributed by atoms with Crippen LogP contribution in [0.25, 0.3) is 16.9 Å². The smallest absolute Gasteiger partial charge is 0.198 e. The summed E-state index contributed by atoms with van der Waals surface area (Å²) in [5.74, 6) is 2.10. The number of methoxy groups -OCH3 is 1. The van der Waals surface area contributed by atoms with Crippen LogP contribution in [0.1, 0.15) is 41.9 Å². The molecule has 0 bridgehead atoms. The second-order valence-electron chi connectivity index (χ2n) is 5.90. The Balaban J connectivity index is 1.92. The summed E-state index contributed by atoms with van der Waals surface area (Å²) in [7, 11) is 1.64. The Bertz CT molecular complexity index is 910. The number of ketones is 1. The molecule has 3 aromatic rings. The standard InChI is InChI=1S/C18H17N3O2/c1-11(22)13-4-3-5-14(10-13)15-8-9-16(23-2)18-19-17(12-6-7-12)20-21(15)18/h3-5,8-10,12H,6-7H2,1-2H3. The molecule has 0 aliphatic heterocycles. The lowest BCUT2D eigenvalue weighted by molar-refractivity contribution is 0.101. The number of ether oxygens (including phenoxy) is 1. The zero-order valence-electron chi connectivity index (χ0n) is 13.1. The van der Waals surface area contributed by atoms with Gasteiger partial charge in [-0.3, -0.25) is 4.79 Å². The summed E-state index contributed by atoms with van der Waals surface area (Å²) >= 11 is 0. The molecule has 0 spiro atoms. The normalized spacial score (nSPS) is 14.2. The molecular formula is C18H17N3O2. The van der Waals surface area contributed by atoms with Crippen molar-refractivity contribution in [1.29, 1.82) is 0 Å². The molecule has 4 rings (SSSR count). The predicted molar refractivity (Wildman–Crippen MR) is 87.0 cm³/mol. The van der Waals surface area contributed by atoms with Gasteiger partial charge in [-0.25, -0.2) is 9.50 Å². The lowest BCUT2D eigenvalue weighted by Crippen LogP contribution is -1.98. The fourth-order valence-electron chi connectivity index (χ4n) is 2.75. The van der Waals surface area contributed by atoms with Crippen LogP contribution < -0.4 is 4.74 Å². The van der Waals surface area contributed by atoms with E-state index in [4.69, 9.17) is 4.74 Å². The highest BCUT2D eigenvalue weighted by atomic mass is 16.5. The molecule has 0 atom stereocenters. The van der Waals surface area contributed by atoms with Crippen molar-refractivity contribution in [2.75, 3.05) is 7.11 Å². The maximum Gasteiger partial charge on any atom is 0.198 e. The number of carbonyl (C=O) groups is 1. The molecular weight excluding hydrogens is 290 g/mol. The number of carbonyl (C=O) groups excluding carboxylic acids is 1. The van der Waals surface area contributed by atoms with E-state index >= 15 is 0 Å². The summed E-state index contributed by atoms with van der Waals surface area (Å²) in [6, 6.07) is 11.4. The first kappa shape index (κ1) is 13.9. The third-order valence-electron chi connectivity index (χ3n) is 4.19. The van der Waals surface area contributed by atoms with E-state index in [-0.39, 0.29) is 5.78 Å². The summed E-state index contributed by atoms with van der Waals surface area (Å²) in [4.78, 5) is 16.3.